The summed E-state index contributed by atoms with van der Waals surface area (Å²) in [5, 5.41) is 3.21. The lowest BCUT2D eigenvalue weighted by molar-refractivity contribution is 0.0687. The first-order valence-electron chi connectivity index (χ1n) is 8.90. The number of benzene rings is 1. The molecule has 4 heteroatoms. The molecule has 1 aliphatic heterocycles. The largest absolute Gasteiger partial charge is 0.375 e. The first kappa shape index (κ1) is 17.8. The van der Waals surface area contributed by atoms with Gasteiger partial charge in [0, 0.05) is 37.9 Å². The van der Waals surface area contributed by atoms with Gasteiger partial charge >= 0.3 is 0 Å². The zero-order valence-corrected chi connectivity index (χ0v) is 14.8. The number of likely N-dealkylation sites (tertiary alicyclic amines) is 1. The van der Waals surface area contributed by atoms with Crippen molar-refractivity contribution in [3.8, 4) is 0 Å². The quantitative estimate of drug-likeness (QED) is 0.840. The van der Waals surface area contributed by atoms with Crippen LogP contribution in [0.3, 0.4) is 0 Å². The number of piperidine rings is 1. The molecule has 0 spiro atoms. The van der Waals surface area contributed by atoms with Crippen LogP contribution >= 0.6 is 0 Å². The molecule has 1 N–H and O–H groups in total. The summed E-state index contributed by atoms with van der Waals surface area (Å²) in [5.41, 5.74) is 1.99. The van der Waals surface area contributed by atoms with E-state index in [2.05, 4.69) is 36.3 Å². The van der Waals surface area contributed by atoms with Crippen LogP contribution in [0.15, 0.2) is 24.3 Å². The first-order valence-corrected chi connectivity index (χ1v) is 8.90. The van der Waals surface area contributed by atoms with Gasteiger partial charge in [0.2, 0.25) is 0 Å². The Labute approximate surface area is 140 Å². The maximum atomic E-state index is 12.6. The topological polar surface area (TPSA) is 35.6 Å². The molecule has 1 heterocycles. The third-order valence-corrected chi connectivity index (χ3v) is 4.82. The summed E-state index contributed by atoms with van der Waals surface area (Å²) in [6.07, 6.45) is 4.60. The number of anilines is 1. The summed E-state index contributed by atoms with van der Waals surface area (Å²) in [5.74, 6) is 0.943. The lowest BCUT2D eigenvalue weighted by Gasteiger charge is -2.32. The Kier molecular flexibility index (Phi) is 6.90. The fraction of sp³-hybridized carbons (Fsp3) is 0.632. The summed E-state index contributed by atoms with van der Waals surface area (Å²) in [4.78, 5) is 16.9. The molecule has 1 amide bonds. The van der Waals surface area contributed by atoms with Gasteiger partial charge in [-0.25, -0.2) is 0 Å². The van der Waals surface area contributed by atoms with Crippen LogP contribution < -0.4 is 10.2 Å². The van der Waals surface area contributed by atoms with Crippen LogP contribution in [0.4, 0.5) is 5.69 Å². The molecule has 128 valence electrons. The molecule has 1 aromatic carbocycles. The first-order chi connectivity index (χ1) is 11.2. The normalized spacial score (nSPS) is 15.7. The highest BCUT2D eigenvalue weighted by molar-refractivity contribution is 5.94. The summed E-state index contributed by atoms with van der Waals surface area (Å²) in [6, 6.07) is 8.05. The number of hydrogen-bond acceptors (Lipinski definition) is 3. The Bertz CT molecular complexity index is 478. The standard InChI is InChI=1S/C19H31N3O/c1-4-13-21(3)18-7-5-17(6-8-18)19(23)22-14-10-16(11-15-22)9-12-20-2/h5-8,16,20H,4,9-15H2,1-3H3. The highest BCUT2D eigenvalue weighted by Gasteiger charge is 2.23. The third-order valence-electron chi connectivity index (χ3n) is 4.82. The van der Waals surface area contributed by atoms with Gasteiger partial charge in [0.1, 0.15) is 0 Å². The Hall–Kier alpha value is -1.55. The van der Waals surface area contributed by atoms with Gasteiger partial charge in [-0.05, 0) is 69.5 Å². The molecular formula is C19H31N3O. The van der Waals surface area contributed by atoms with Crippen LogP contribution in [0, 0.1) is 5.92 Å². The lowest BCUT2D eigenvalue weighted by Crippen LogP contribution is -2.39. The number of nitrogens with zero attached hydrogens (tertiary/aromatic N) is 2. The average molecular weight is 317 g/mol. The molecule has 1 aliphatic rings. The number of rotatable bonds is 7. The van der Waals surface area contributed by atoms with Gasteiger partial charge in [-0.1, -0.05) is 6.92 Å². The zero-order chi connectivity index (χ0) is 16.7. The molecule has 0 aromatic heterocycles. The Morgan fingerprint density at radius 2 is 1.91 bits per heavy atom. The molecular weight excluding hydrogens is 286 g/mol. The van der Waals surface area contributed by atoms with Gasteiger partial charge in [0.25, 0.3) is 5.91 Å². The molecule has 23 heavy (non-hydrogen) atoms. The second kappa shape index (κ2) is 8.92. The highest BCUT2D eigenvalue weighted by atomic mass is 16.2. The fourth-order valence-electron chi connectivity index (χ4n) is 3.28. The van der Waals surface area contributed by atoms with Crippen molar-refractivity contribution >= 4 is 11.6 Å². The van der Waals surface area contributed by atoms with E-state index in [0.717, 1.165) is 56.9 Å². The average Bonchev–Trinajstić information content (AvgIpc) is 2.60. The van der Waals surface area contributed by atoms with E-state index >= 15 is 0 Å². The predicted octanol–water partition coefficient (Wildman–Crippen LogP) is 2.99. The van der Waals surface area contributed by atoms with Crippen LogP contribution in [0.5, 0.6) is 0 Å². The fourth-order valence-corrected chi connectivity index (χ4v) is 3.28. The van der Waals surface area contributed by atoms with E-state index in [-0.39, 0.29) is 5.91 Å². The number of carbonyl (C=O) groups is 1. The molecule has 0 radical (unpaired) electrons. The van der Waals surface area contributed by atoms with Crippen molar-refractivity contribution in [1.82, 2.24) is 10.2 Å². The van der Waals surface area contributed by atoms with E-state index in [1.807, 2.05) is 24.1 Å². The Morgan fingerprint density at radius 3 is 2.48 bits per heavy atom. The minimum absolute atomic E-state index is 0.182. The van der Waals surface area contributed by atoms with Crippen molar-refractivity contribution in [2.24, 2.45) is 5.92 Å². The van der Waals surface area contributed by atoms with Gasteiger partial charge in [0.05, 0.1) is 0 Å². The van der Waals surface area contributed by atoms with Crippen LogP contribution in [-0.4, -0.2) is 51.1 Å². The minimum Gasteiger partial charge on any atom is -0.375 e. The lowest BCUT2D eigenvalue weighted by atomic mass is 9.93. The Morgan fingerprint density at radius 1 is 1.26 bits per heavy atom. The van der Waals surface area contributed by atoms with Crippen molar-refractivity contribution in [2.45, 2.75) is 32.6 Å². The molecule has 1 saturated heterocycles. The molecule has 0 unspecified atom stereocenters. The van der Waals surface area contributed by atoms with Gasteiger partial charge in [-0.3, -0.25) is 4.79 Å². The minimum atomic E-state index is 0.182. The molecule has 0 saturated carbocycles. The van der Waals surface area contributed by atoms with E-state index < -0.39 is 0 Å². The van der Waals surface area contributed by atoms with Gasteiger partial charge in [0.15, 0.2) is 0 Å². The van der Waals surface area contributed by atoms with Crippen molar-refractivity contribution in [1.29, 1.82) is 0 Å². The van der Waals surface area contributed by atoms with Gasteiger partial charge in [-0.15, -0.1) is 0 Å². The zero-order valence-electron chi connectivity index (χ0n) is 14.8. The summed E-state index contributed by atoms with van der Waals surface area (Å²) in [6.45, 7) is 6.07. The predicted molar refractivity (Wildman–Crippen MR) is 97.2 cm³/mol. The second-order valence-corrected chi connectivity index (χ2v) is 6.60. The molecule has 2 rings (SSSR count). The number of hydrogen-bond donors (Lipinski definition) is 1. The van der Waals surface area contributed by atoms with Crippen molar-refractivity contribution in [3.63, 3.8) is 0 Å². The van der Waals surface area contributed by atoms with Crippen LogP contribution in [0.1, 0.15) is 43.0 Å². The van der Waals surface area contributed by atoms with Crippen molar-refractivity contribution in [3.05, 3.63) is 29.8 Å². The van der Waals surface area contributed by atoms with Gasteiger partial charge in [-0.2, -0.15) is 0 Å². The SMILES string of the molecule is CCCN(C)c1ccc(C(=O)N2CCC(CCNC)CC2)cc1. The molecule has 0 aliphatic carbocycles. The molecule has 1 fully saturated rings. The molecule has 0 bridgehead atoms. The summed E-state index contributed by atoms with van der Waals surface area (Å²) in [7, 11) is 4.09. The van der Waals surface area contributed by atoms with E-state index in [0.29, 0.717) is 0 Å². The summed E-state index contributed by atoms with van der Waals surface area (Å²) < 4.78 is 0. The van der Waals surface area contributed by atoms with Gasteiger partial charge < -0.3 is 15.1 Å². The van der Waals surface area contributed by atoms with Crippen molar-refractivity contribution < 1.29 is 4.79 Å². The molecule has 0 atom stereocenters. The summed E-state index contributed by atoms with van der Waals surface area (Å²) >= 11 is 0. The van der Waals surface area contributed by atoms with E-state index in [1.54, 1.807) is 0 Å². The van der Waals surface area contributed by atoms with Crippen LogP contribution in [0.25, 0.3) is 0 Å². The van der Waals surface area contributed by atoms with Crippen LogP contribution in [0.2, 0.25) is 0 Å². The molecule has 4 nitrogen and oxygen atoms in total. The third kappa shape index (κ3) is 4.96. The monoisotopic (exact) mass is 317 g/mol. The second-order valence-electron chi connectivity index (χ2n) is 6.60. The van der Waals surface area contributed by atoms with Crippen LogP contribution in [-0.2, 0) is 0 Å². The molecule has 1 aromatic rings. The van der Waals surface area contributed by atoms with E-state index in [9.17, 15) is 4.79 Å². The van der Waals surface area contributed by atoms with E-state index in [4.69, 9.17) is 0 Å². The van der Waals surface area contributed by atoms with E-state index in [1.165, 1.54) is 12.1 Å². The number of nitrogens with one attached hydrogen (secondary N) is 1. The smallest absolute Gasteiger partial charge is 0.253 e. The highest BCUT2D eigenvalue weighted by Crippen LogP contribution is 2.22. The van der Waals surface area contributed by atoms with Crippen molar-refractivity contribution in [2.75, 3.05) is 45.2 Å². The maximum absolute atomic E-state index is 12.6. The Balaban J connectivity index is 1.88. The maximum Gasteiger partial charge on any atom is 0.253 e. The number of amides is 1. The number of carbonyl (C=O) groups excluding carboxylic acids is 1.